The molecule has 1 atom stereocenters. The zero-order valence-corrected chi connectivity index (χ0v) is 11.8. The first-order valence-electron chi connectivity index (χ1n) is 8.18. The molecule has 0 bridgehead atoms. The lowest BCUT2D eigenvalue weighted by Gasteiger charge is -2.18. The van der Waals surface area contributed by atoms with Gasteiger partial charge in [-0.2, -0.15) is 0 Å². The summed E-state index contributed by atoms with van der Waals surface area (Å²) in [4.78, 5) is 0. The fourth-order valence-electron chi connectivity index (χ4n) is 3.94. The molecule has 0 amide bonds. The van der Waals surface area contributed by atoms with Gasteiger partial charge in [-0.1, -0.05) is 71.1 Å². The van der Waals surface area contributed by atoms with Crippen molar-refractivity contribution in [2.45, 2.75) is 84.0 Å². The summed E-state index contributed by atoms with van der Waals surface area (Å²) in [6.07, 6.45) is 20.4. The average Bonchev–Trinajstić information content (AvgIpc) is 3.01. The van der Waals surface area contributed by atoms with Crippen molar-refractivity contribution in [1.29, 1.82) is 0 Å². The number of hydrogen-bond acceptors (Lipinski definition) is 0. The summed E-state index contributed by atoms with van der Waals surface area (Å²) in [7, 11) is 0. The summed E-state index contributed by atoms with van der Waals surface area (Å²) >= 11 is 0. The van der Waals surface area contributed by atoms with Crippen LogP contribution in [-0.4, -0.2) is 0 Å². The zero-order chi connectivity index (χ0) is 11.9. The van der Waals surface area contributed by atoms with Crippen LogP contribution in [0.5, 0.6) is 0 Å². The van der Waals surface area contributed by atoms with Gasteiger partial charge in [0.05, 0.1) is 0 Å². The van der Waals surface area contributed by atoms with E-state index in [2.05, 4.69) is 13.3 Å². The van der Waals surface area contributed by atoms with Gasteiger partial charge < -0.3 is 0 Å². The van der Waals surface area contributed by atoms with Gasteiger partial charge in [0.15, 0.2) is 0 Å². The predicted octanol–water partition coefficient (Wildman–Crippen LogP) is 5.77. The maximum atomic E-state index is 2.59. The molecule has 1 radical (unpaired) electrons. The molecule has 0 heteroatoms. The SMILES string of the molecule is CC(CC[CH]CCC1CCCC1)C1CCCC1. The first-order valence-corrected chi connectivity index (χ1v) is 8.18. The van der Waals surface area contributed by atoms with Gasteiger partial charge in [0.1, 0.15) is 0 Å². The molecule has 2 rings (SSSR count). The van der Waals surface area contributed by atoms with Crippen molar-refractivity contribution >= 4 is 0 Å². The van der Waals surface area contributed by atoms with E-state index < -0.39 is 0 Å². The largest absolute Gasteiger partial charge is 0.0622 e. The highest BCUT2D eigenvalue weighted by Crippen LogP contribution is 2.34. The minimum absolute atomic E-state index is 0.986. The highest BCUT2D eigenvalue weighted by atomic mass is 14.3. The molecule has 0 aliphatic heterocycles. The predicted molar refractivity (Wildman–Crippen MR) is 75.8 cm³/mol. The summed E-state index contributed by atoms with van der Waals surface area (Å²) in [6, 6.07) is 0. The Bertz CT molecular complexity index is 184. The van der Waals surface area contributed by atoms with E-state index in [4.69, 9.17) is 0 Å². The molecular weight excluding hydrogens is 204 g/mol. The Morgan fingerprint density at radius 1 is 0.941 bits per heavy atom. The molecule has 1 unspecified atom stereocenters. The Labute approximate surface area is 109 Å². The van der Waals surface area contributed by atoms with Gasteiger partial charge in [0, 0.05) is 0 Å². The molecule has 2 aliphatic rings. The van der Waals surface area contributed by atoms with Crippen LogP contribution in [0, 0.1) is 24.2 Å². The standard InChI is InChI=1S/C17H31/c1-15(17-13-7-8-14-17)9-3-2-4-10-16-11-5-6-12-16/h2,15-17H,3-14H2,1H3. The highest BCUT2D eigenvalue weighted by molar-refractivity contribution is 4.76. The monoisotopic (exact) mass is 235 g/mol. The van der Waals surface area contributed by atoms with E-state index in [1.165, 1.54) is 77.0 Å². The van der Waals surface area contributed by atoms with Crippen LogP contribution in [0.1, 0.15) is 84.0 Å². The quantitative estimate of drug-likeness (QED) is 0.492. The maximum Gasteiger partial charge on any atom is -0.0386 e. The van der Waals surface area contributed by atoms with Crippen LogP contribution in [-0.2, 0) is 0 Å². The highest BCUT2D eigenvalue weighted by Gasteiger charge is 2.21. The third kappa shape index (κ3) is 4.64. The smallest absolute Gasteiger partial charge is 0.0386 e. The lowest BCUT2D eigenvalue weighted by Crippen LogP contribution is -2.07. The van der Waals surface area contributed by atoms with Crippen molar-refractivity contribution in [2.24, 2.45) is 17.8 Å². The van der Waals surface area contributed by atoms with Crippen LogP contribution in [0.25, 0.3) is 0 Å². The Morgan fingerprint density at radius 3 is 2.29 bits per heavy atom. The van der Waals surface area contributed by atoms with Gasteiger partial charge in [-0.25, -0.2) is 0 Å². The Morgan fingerprint density at radius 2 is 1.59 bits per heavy atom. The molecule has 0 spiro atoms. The Kier molecular flexibility index (Phi) is 5.88. The van der Waals surface area contributed by atoms with Gasteiger partial charge >= 0.3 is 0 Å². The van der Waals surface area contributed by atoms with Crippen molar-refractivity contribution in [1.82, 2.24) is 0 Å². The Hall–Kier alpha value is 0. The molecule has 0 N–H and O–H groups in total. The first kappa shape index (κ1) is 13.4. The summed E-state index contributed by atoms with van der Waals surface area (Å²) in [5.41, 5.74) is 0. The summed E-state index contributed by atoms with van der Waals surface area (Å²) < 4.78 is 0. The van der Waals surface area contributed by atoms with Crippen molar-refractivity contribution in [2.75, 3.05) is 0 Å². The number of unbranched alkanes of at least 4 members (excludes halogenated alkanes) is 2. The molecule has 0 aromatic carbocycles. The van der Waals surface area contributed by atoms with Crippen LogP contribution in [0.4, 0.5) is 0 Å². The molecule has 0 aromatic rings. The molecule has 0 saturated heterocycles. The lowest BCUT2D eigenvalue weighted by atomic mass is 9.88. The first-order chi connectivity index (χ1) is 8.36. The molecule has 17 heavy (non-hydrogen) atoms. The van der Waals surface area contributed by atoms with Crippen molar-refractivity contribution in [3.05, 3.63) is 6.42 Å². The van der Waals surface area contributed by atoms with E-state index >= 15 is 0 Å². The fourth-order valence-corrected chi connectivity index (χ4v) is 3.94. The van der Waals surface area contributed by atoms with Gasteiger partial charge in [-0.15, -0.1) is 0 Å². The van der Waals surface area contributed by atoms with E-state index in [1.54, 1.807) is 0 Å². The normalized spacial score (nSPS) is 24.5. The minimum atomic E-state index is 0.986. The third-order valence-corrected chi connectivity index (χ3v) is 5.28. The van der Waals surface area contributed by atoms with Crippen LogP contribution in [0.3, 0.4) is 0 Å². The molecule has 0 heterocycles. The topological polar surface area (TPSA) is 0 Å². The molecule has 99 valence electrons. The van der Waals surface area contributed by atoms with Crippen LogP contribution in [0.2, 0.25) is 0 Å². The second-order valence-electron chi connectivity index (χ2n) is 6.62. The Balaban J connectivity index is 1.45. The summed E-state index contributed by atoms with van der Waals surface area (Å²) in [5, 5.41) is 0. The van der Waals surface area contributed by atoms with E-state index in [1.807, 2.05) is 0 Å². The van der Waals surface area contributed by atoms with Gasteiger partial charge in [0.25, 0.3) is 0 Å². The van der Waals surface area contributed by atoms with E-state index in [0.29, 0.717) is 0 Å². The molecule has 0 aromatic heterocycles. The number of rotatable bonds is 7. The molecule has 0 nitrogen and oxygen atoms in total. The second kappa shape index (κ2) is 7.44. The summed E-state index contributed by atoms with van der Waals surface area (Å²) in [5.74, 6) is 3.14. The second-order valence-corrected chi connectivity index (χ2v) is 6.62. The van der Waals surface area contributed by atoms with Crippen LogP contribution in [0.15, 0.2) is 0 Å². The van der Waals surface area contributed by atoms with E-state index in [0.717, 1.165) is 17.8 Å². The van der Waals surface area contributed by atoms with Crippen LogP contribution < -0.4 is 0 Å². The molecule has 2 aliphatic carbocycles. The number of hydrogen-bond donors (Lipinski definition) is 0. The van der Waals surface area contributed by atoms with E-state index in [-0.39, 0.29) is 0 Å². The zero-order valence-electron chi connectivity index (χ0n) is 11.8. The lowest BCUT2D eigenvalue weighted by molar-refractivity contribution is 0.343. The van der Waals surface area contributed by atoms with Gasteiger partial charge in [-0.3, -0.25) is 0 Å². The average molecular weight is 235 g/mol. The van der Waals surface area contributed by atoms with Crippen molar-refractivity contribution in [3.8, 4) is 0 Å². The maximum absolute atomic E-state index is 2.59. The summed E-state index contributed by atoms with van der Waals surface area (Å²) in [6.45, 7) is 2.49. The van der Waals surface area contributed by atoms with Crippen molar-refractivity contribution in [3.63, 3.8) is 0 Å². The molecule has 2 fully saturated rings. The molecular formula is C17H31. The third-order valence-electron chi connectivity index (χ3n) is 5.28. The fraction of sp³-hybridized carbons (Fsp3) is 0.941. The van der Waals surface area contributed by atoms with Gasteiger partial charge in [0.2, 0.25) is 0 Å². The van der Waals surface area contributed by atoms with Crippen molar-refractivity contribution < 1.29 is 0 Å². The van der Waals surface area contributed by atoms with Crippen LogP contribution >= 0.6 is 0 Å². The van der Waals surface area contributed by atoms with Gasteiger partial charge in [-0.05, 0) is 37.0 Å². The minimum Gasteiger partial charge on any atom is -0.0622 e. The molecule has 2 saturated carbocycles. The van der Waals surface area contributed by atoms with E-state index in [9.17, 15) is 0 Å².